The smallest absolute Gasteiger partial charge is 0.734 e. The number of aromatic nitrogens is 1. The Morgan fingerprint density at radius 3 is 2.69 bits per heavy atom. The van der Waals surface area contributed by atoms with Gasteiger partial charge >= 0.3 is 18.9 Å². The number of nitrogens with zero attached hydrogens (tertiary/aromatic N) is 1. The van der Waals surface area contributed by atoms with Gasteiger partial charge in [-0.3, -0.25) is 0 Å². The second kappa shape index (κ2) is 4.21. The van der Waals surface area contributed by atoms with Crippen molar-refractivity contribution in [1.29, 1.82) is 0 Å². The monoisotopic (exact) mass is 201 g/mol. The second-order valence-corrected chi connectivity index (χ2v) is 3.68. The van der Waals surface area contributed by atoms with Gasteiger partial charge in [0, 0.05) is 0 Å². The number of thiazole rings is 1. The number of para-hydroxylation sites is 1. The Balaban J connectivity index is 0.000000845. The van der Waals surface area contributed by atoms with Crippen LogP contribution in [0.1, 0.15) is 9.80 Å². The van der Waals surface area contributed by atoms with E-state index in [2.05, 4.69) is 17.6 Å². The fourth-order valence-corrected chi connectivity index (χ4v) is 1.93. The molecule has 0 saturated heterocycles. The van der Waals surface area contributed by atoms with Crippen LogP contribution >= 0.6 is 11.3 Å². The Bertz CT molecular complexity index is 407. The van der Waals surface area contributed by atoms with Crippen molar-refractivity contribution in [3.63, 3.8) is 0 Å². The van der Waals surface area contributed by atoms with Crippen molar-refractivity contribution >= 4 is 39.3 Å². The summed E-state index contributed by atoms with van der Waals surface area (Å²) in [5, 5.41) is 0.0300. The van der Waals surface area contributed by atoms with Crippen molar-refractivity contribution in [2.75, 3.05) is 0 Å². The van der Waals surface area contributed by atoms with Crippen molar-refractivity contribution in [2.24, 2.45) is 0 Å². The Hall–Kier alpha value is -0.403. The van der Waals surface area contributed by atoms with Crippen molar-refractivity contribution in [2.45, 2.75) is 0 Å². The van der Waals surface area contributed by atoms with E-state index in [1.165, 1.54) is 11.3 Å². The molecule has 0 atom stereocenters. The molecule has 0 bridgehead atoms. The van der Waals surface area contributed by atoms with Crippen LogP contribution in [0, 0.1) is 0 Å². The van der Waals surface area contributed by atoms with E-state index < -0.39 is 0 Å². The SMILES string of the molecule is O=C([S-])c1nc2ccccc2s1.[Li+]. The largest absolute Gasteiger partial charge is 1.00 e. The van der Waals surface area contributed by atoms with Gasteiger partial charge in [-0.1, -0.05) is 12.1 Å². The van der Waals surface area contributed by atoms with Crippen molar-refractivity contribution in [3.05, 3.63) is 29.3 Å². The normalized spacial score (nSPS) is 9.54. The van der Waals surface area contributed by atoms with Crippen LogP contribution in [-0.2, 0) is 12.6 Å². The first-order valence-corrected chi connectivity index (χ1v) is 4.57. The molecule has 2 rings (SSSR count). The molecule has 0 aliphatic heterocycles. The van der Waals surface area contributed by atoms with Crippen LogP contribution in [0.3, 0.4) is 0 Å². The van der Waals surface area contributed by atoms with Crippen LogP contribution in [0.4, 0.5) is 0 Å². The average Bonchev–Trinajstić information content (AvgIpc) is 2.46. The van der Waals surface area contributed by atoms with Crippen LogP contribution in [0.25, 0.3) is 10.2 Å². The van der Waals surface area contributed by atoms with Crippen LogP contribution in [-0.4, -0.2) is 10.1 Å². The van der Waals surface area contributed by atoms with Gasteiger partial charge in [0.15, 0.2) is 0 Å². The van der Waals surface area contributed by atoms with E-state index in [4.69, 9.17) is 0 Å². The minimum Gasteiger partial charge on any atom is -0.734 e. The molecule has 13 heavy (non-hydrogen) atoms. The zero-order valence-corrected chi connectivity index (χ0v) is 8.61. The zero-order valence-electron chi connectivity index (χ0n) is 6.98. The Morgan fingerprint density at radius 1 is 1.38 bits per heavy atom. The van der Waals surface area contributed by atoms with Gasteiger partial charge in [-0.25, -0.2) is 4.98 Å². The molecule has 0 unspecified atom stereocenters. The summed E-state index contributed by atoms with van der Waals surface area (Å²) in [6, 6.07) is 7.60. The molecular weight excluding hydrogens is 197 g/mol. The molecular formula is C8H4LiNOS2. The minimum atomic E-state index is -0.379. The summed E-state index contributed by atoms with van der Waals surface area (Å²) in [6.45, 7) is 0. The van der Waals surface area contributed by atoms with Crippen LogP contribution in [0.15, 0.2) is 24.3 Å². The number of carbonyl (C=O) groups is 1. The van der Waals surface area contributed by atoms with Gasteiger partial charge in [-0.2, -0.15) is 0 Å². The summed E-state index contributed by atoms with van der Waals surface area (Å²) in [6.07, 6.45) is 0. The molecule has 0 radical (unpaired) electrons. The standard InChI is InChI=1S/C8H5NOS2.Li/c10-8(11)7-9-5-3-1-2-4-6(5)12-7;/h1-4H,(H,10,11);/q;+1/p-1. The maximum absolute atomic E-state index is 10.8. The fourth-order valence-electron chi connectivity index (χ4n) is 0.960. The summed E-state index contributed by atoms with van der Waals surface area (Å²) in [4.78, 5) is 14.9. The molecule has 0 aliphatic carbocycles. The van der Waals surface area contributed by atoms with Crippen molar-refractivity contribution in [1.82, 2.24) is 4.98 Å². The van der Waals surface area contributed by atoms with E-state index in [0.717, 1.165) is 10.2 Å². The number of hydrogen-bond donors (Lipinski definition) is 0. The maximum atomic E-state index is 10.8. The third-order valence-corrected chi connectivity index (χ3v) is 2.83. The molecule has 0 aliphatic rings. The number of benzene rings is 1. The molecule has 1 aromatic carbocycles. The van der Waals surface area contributed by atoms with Gasteiger partial charge in [-0.05, 0) is 12.1 Å². The number of rotatable bonds is 1. The predicted octanol–water partition coefficient (Wildman–Crippen LogP) is -1.01. The van der Waals surface area contributed by atoms with E-state index in [0.29, 0.717) is 5.01 Å². The Morgan fingerprint density at radius 2 is 2.08 bits per heavy atom. The summed E-state index contributed by atoms with van der Waals surface area (Å²) in [5.74, 6) is 0. The molecule has 0 spiro atoms. The molecule has 2 aromatic rings. The first kappa shape index (κ1) is 10.7. The molecule has 1 aromatic heterocycles. The van der Waals surface area contributed by atoms with Crippen molar-refractivity contribution in [3.8, 4) is 0 Å². The first-order chi connectivity index (χ1) is 5.77. The van der Waals surface area contributed by atoms with E-state index in [9.17, 15) is 4.79 Å². The molecule has 5 heteroatoms. The molecule has 60 valence electrons. The van der Waals surface area contributed by atoms with Crippen LogP contribution in [0.2, 0.25) is 0 Å². The second-order valence-electron chi connectivity index (χ2n) is 2.27. The van der Waals surface area contributed by atoms with Crippen molar-refractivity contribution < 1.29 is 23.7 Å². The quantitative estimate of drug-likeness (QED) is 0.437. The third kappa shape index (κ3) is 2.09. The summed E-state index contributed by atoms with van der Waals surface area (Å²) in [5.41, 5.74) is 0.843. The Labute approximate surface area is 97.0 Å². The fraction of sp³-hybridized carbons (Fsp3) is 0. The molecule has 0 fully saturated rings. The number of fused-ring (bicyclic) bond motifs is 1. The molecule has 0 N–H and O–H groups in total. The first-order valence-electron chi connectivity index (χ1n) is 3.34. The zero-order chi connectivity index (χ0) is 8.55. The maximum Gasteiger partial charge on any atom is 1.00 e. The summed E-state index contributed by atoms with van der Waals surface area (Å²) < 4.78 is 1.01. The predicted molar refractivity (Wildman–Crippen MR) is 51.3 cm³/mol. The number of carbonyl (C=O) groups excluding carboxylic acids is 1. The van der Waals surface area contributed by atoms with Crippen LogP contribution in [0.5, 0.6) is 0 Å². The average molecular weight is 201 g/mol. The minimum absolute atomic E-state index is 0. The van der Waals surface area contributed by atoms with Gasteiger partial charge in [-0.15, -0.1) is 11.3 Å². The molecule has 0 saturated carbocycles. The van der Waals surface area contributed by atoms with E-state index in [1.807, 2.05) is 24.3 Å². The van der Waals surface area contributed by atoms with Crippen LogP contribution < -0.4 is 18.9 Å². The topological polar surface area (TPSA) is 30.0 Å². The van der Waals surface area contributed by atoms with Gasteiger partial charge in [0.1, 0.15) is 5.01 Å². The number of hydrogen-bond acceptors (Lipinski definition) is 4. The summed E-state index contributed by atoms with van der Waals surface area (Å²) >= 11 is 5.84. The van der Waals surface area contributed by atoms with E-state index in [-0.39, 0.29) is 24.0 Å². The van der Waals surface area contributed by atoms with Gasteiger partial charge < -0.3 is 17.4 Å². The van der Waals surface area contributed by atoms with E-state index in [1.54, 1.807) is 0 Å². The molecule has 0 amide bonds. The molecule has 1 heterocycles. The summed E-state index contributed by atoms with van der Waals surface area (Å²) in [7, 11) is 0. The third-order valence-electron chi connectivity index (χ3n) is 1.47. The van der Waals surface area contributed by atoms with Gasteiger partial charge in [0.25, 0.3) is 0 Å². The van der Waals surface area contributed by atoms with Gasteiger partial charge in [0.2, 0.25) is 0 Å². The molecule has 2 nitrogen and oxygen atoms in total. The van der Waals surface area contributed by atoms with E-state index >= 15 is 0 Å². The van der Waals surface area contributed by atoms with Gasteiger partial charge in [0.05, 0.1) is 15.3 Å². The Kier molecular flexibility index (Phi) is 3.45.